The minimum atomic E-state index is -0.411. The van der Waals surface area contributed by atoms with Gasteiger partial charge in [0.1, 0.15) is 11.5 Å². The lowest BCUT2D eigenvalue weighted by Crippen LogP contribution is -2.16. The second-order valence-corrected chi connectivity index (χ2v) is 3.21. The van der Waals surface area contributed by atoms with Crippen LogP contribution in [0.2, 0.25) is 0 Å². The summed E-state index contributed by atoms with van der Waals surface area (Å²) in [6.45, 7) is 1.15. The van der Waals surface area contributed by atoms with Crippen LogP contribution in [0.5, 0.6) is 0 Å². The molecule has 0 fully saturated rings. The summed E-state index contributed by atoms with van der Waals surface area (Å²) in [5.41, 5.74) is 0.119. The molecule has 84 valence electrons. The monoisotopic (exact) mass is 220 g/mol. The highest BCUT2D eigenvalue weighted by molar-refractivity contribution is 5.85. The first-order valence-corrected chi connectivity index (χ1v) is 4.89. The molecule has 0 radical (unpaired) electrons. The molecule has 0 aliphatic rings. The van der Waals surface area contributed by atoms with Crippen molar-refractivity contribution < 1.29 is 4.74 Å². The zero-order chi connectivity index (χ0) is 11.4. The van der Waals surface area contributed by atoms with Gasteiger partial charge in [-0.1, -0.05) is 0 Å². The molecule has 2 N–H and O–H groups in total. The molecule has 0 bridgehead atoms. The van der Waals surface area contributed by atoms with E-state index in [2.05, 4.69) is 20.3 Å². The third kappa shape index (κ3) is 2.17. The number of hydrogen-bond acceptors (Lipinski definition) is 5. The van der Waals surface area contributed by atoms with Crippen LogP contribution in [0.25, 0.3) is 11.0 Å². The SMILES string of the molecule is COCCNc1nc(=O)[nH]c2ncccc12. The smallest absolute Gasteiger partial charge is 0.348 e. The first kappa shape index (κ1) is 10.6. The molecule has 2 heterocycles. The quantitative estimate of drug-likeness (QED) is 0.728. The van der Waals surface area contributed by atoms with Crippen molar-refractivity contribution in [1.29, 1.82) is 0 Å². The molecule has 6 nitrogen and oxygen atoms in total. The third-order valence-corrected chi connectivity index (χ3v) is 2.10. The van der Waals surface area contributed by atoms with Gasteiger partial charge in [-0.2, -0.15) is 4.98 Å². The fourth-order valence-electron chi connectivity index (χ4n) is 1.39. The van der Waals surface area contributed by atoms with Gasteiger partial charge < -0.3 is 10.1 Å². The summed E-state index contributed by atoms with van der Waals surface area (Å²) in [5, 5.41) is 3.82. The fourth-order valence-corrected chi connectivity index (χ4v) is 1.39. The van der Waals surface area contributed by atoms with Crippen molar-refractivity contribution in [1.82, 2.24) is 15.0 Å². The van der Waals surface area contributed by atoms with Gasteiger partial charge in [0.05, 0.1) is 12.0 Å². The summed E-state index contributed by atoms with van der Waals surface area (Å²) in [5.74, 6) is 0.531. The molecule has 2 rings (SSSR count). The summed E-state index contributed by atoms with van der Waals surface area (Å²) in [6, 6.07) is 3.64. The number of nitrogens with zero attached hydrogens (tertiary/aromatic N) is 2. The fraction of sp³-hybridized carbons (Fsp3) is 0.300. The van der Waals surface area contributed by atoms with Gasteiger partial charge >= 0.3 is 5.69 Å². The number of aromatic amines is 1. The lowest BCUT2D eigenvalue weighted by molar-refractivity contribution is 0.210. The van der Waals surface area contributed by atoms with Crippen molar-refractivity contribution in [3.8, 4) is 0 Å². The van der Waals surface area contributed by atoms with E-state index in [-0.39, 0.29) is 0 Å². The number of pyridine rings is 1. The van der Waals surface area contributed by atoms with E-state index in [0.29, 0.717) is 24.6 Å². The van der Waals surface area contributed by atoms with Gasteiger partial charge in [-0.15, -0.1) is 0 Å². The van der Waals surface area contributed by atoms with Crippen LogP contribution in [0.4, 0.5) is 5.82 Å². The average Bonchev–Trinajstić information content (AvgIpc) is 2.29. The number of rotatable bonds is 4. The summed E-state index contributed by atoms with van der Waals surface area (Å²) < 4.78 is 4.91. The highest BCUT2D eigenvalue weighted by atomic mass is 16.5. The second kappa shape index (κ2) is 4.71. The normalized spacial score (nSPS) is 10.6. The molecule has 0 atom stereocenters. The standard InChI is InChI=1S/C10H12N4O2/c1-16-6-5-12-9-7-3-2-4-11-8(7)13-10(15)14-9/h2-4H,5-6H2,1H3,(H2,11,12,13,14,15). The maximum atomic E-state index is 11.3. The molecular formula is C10H12N4O2. The highest BCUT2D eigenvalue weighted by Gasteiger charge is 2.04. The van der Waals surface area contributed by atoms with Crippen molar-refractivity contribution >= 4 is 16.9 Å². The Balaban J connectivity index is 2.38. The molecule has 0 aliphatic carbocycles. The Bertz CT molecular complexity index is 538. The van der Waals surface area contributed by atoms with E-state index in [0.717, 1.165) is 5.39 Å². The van der Waals surface area contributed by atoms with Gasteiger partial charge in [-0.25, -0.2) is 9.78 Å². The maximum Gasteiger partial charge on any atom is 0.348 e. The van der Waals surface area contributed by atoms with Crippen LogP contribution in [-0.4, -0.2) is 35.2 Å². The Morgan fingerprint density at radius 2 is 2.44 bits per heavy atom. The Morgan fingerprint density at radius 1 is 1.56 bits per heavy atom. The lowest BCUT2D eigenvalue weighted by Gasteiger charge is -2.06. The molecule has 0 aromatic carbocycles. The van der Waals surface area contributed by atoms with Gasteiger partial charge in [0.15, 0.2) is 0 Å². The second-order valence-electron chi connectivity index (χ2n) is 3.21. The Morgan fingerprint density at radius 3 is 3.25 bits per heavy atom. The van der Waals surface area contributed by atoms with Crippen LogP contribution in [0.3, 0.4) is 0 Å². The molecular weight excluding hydrogens is 208 g/mol. The molecule has 0 unspecified atom stereocenters. The van der Waals surface area contributed by atoms with Gasteiger partial charge in [-0.05, 0) is 12.1 Å². The van der Waals surface area contributed by atoms with E-state index in [1.54, 1.807) is 19.4 Å². The molecule has 2 aromatic rings. The predicted molar refractivity (Wildman–Crippen MR) is 60.5 cm³/mol. The van der Waals surface area contributed by atoms with Crippen LogP contribution in [0.15, 0.2) is 23.1 Å². The van der Waals surface area contributed by atoms with Crippen molar-refractivity contribution in [3.63, 3.8) is 0 Å². The zero-order valence-corrected chi connectivity index (χ0v) is 8.86. The summed E-state index contributed by atoms with van der Waals surface area (Å²) in [4.78, 5) is 21.7. The zero-order valence-electron chi connectivity index (χ0n) is 8.86. The summed E-state index contributed by atoms with van der Waals surface area (Å²) in [7, 11) is 1.62. The Kier molecular flexibility index (Phi) is 3.11. The molecule has 6 heteroatoms. The molecule has 0 amide bonds. The van der Waals surface area contributed by atoms with E-state index in [1.807, 2.05) is 6.07 Å². The number of fused-ring (bicyclic) bond motifs is 1. The number of methoxy groups -OCH3 is 1. The van der Waals surface area contributed by atoms with Crippen molar-refractivity contribution in [2.45, 2.75) is 0 Å². The highest BCUT2D eigenvalue weighted by Crippen LogP contribution is 2.14. The van der Waals surface area contributed by atoms with Crippen LogP contribution < -0.4 is 11.0 Å². The molecule has 0 spiro atoms. The van der Waals surface area contributed by atoms with Crippen molar-refractivity contribution in [2.75, 3.05) is 25.6 Å². The van der Waals surface area contributed by atoms with E-state index < -0.39 is 5.69 Å². The van der Waals surface area contributed by atoms with Crippen LogP contribution in [0, 0.1) is 0 Å². The Hall–Kier alpha value is -1.95. The lowest BCUT2D eigenvalue weighted by atomic mass is 10.3. The minimum absolute atomic E-state index is 0.411. The van der Waals surface area contributed by atoms with E-state index in [4.69, 9.17) is 4.74 Å². The number of hydrogen-bond donors (Lipinski definition) is 2. The van der Waals surface area contributed by atoms with Gasteiger partial charge in [0.25, 0.3) is 0 Å². The van der Waals surface area contributed by atoms with E-state index >= 15 is 0 Å². The molecule has 0 aliphatic heterocycles. The third-order valence-electron chi connectivity index (χ3n) is 2.10. The van der Waals surface area contributed by atoms with Crippen molar-refractivity contribution in [3.05, 3.63) is 28.8 Å². The maximum absolute atomic E-state index is 11.3. The van der Waals surface area contributed by atoms with Crippen LogP contribution in [-0.2, 0) is 4.74 Å². The number of H-pyrrole nitrogens is 1. The van der Waals surface area contributed by atoms with E-state index in [1.165, 1.54) is 0 Å². The van der Waals surface area contributed by atoms with Crippen LogP contribution in [0.1, 0.15) is 0 Å². The number of nitrogens with one attached hydrogen (secondary N) is 2. The average molecular weight is 220 g/mol. The number of anilines is 1. The molecule has 2 aromatic heterocycles. The molecule has 0 saturated carbocycles. The van der Waals surface area contributed by atoms with Gasteiger partial charge in [-0.3, -0.25) is 4.98 Å². The number of aromatic nitrogens is 3. The number of ether oxygens (including phenoxy) is 1. The first-order valence-electron chi connectivity index (χ1n) is 4.89. The van der Waals surface area contributed by atoms with Crippen molar-refractivity contribution in [2.24, 2.45) is 0 Å². The van der Waals surface area contributed by atoms with Gasteiger partial charge in [0.2, 0.25) is 0 Å². The molecule has 0 saturated heterocycles. The predicted octanol–water partition coefficient (Wildman–Crippen LogP) is 0.376. The minimum Gasteiger partial charge on any atom is -0.383 e. The Labute approximate surface area is 91.7 Å². The van der Waals surface area contributed by atoms with Crippen LogP contribution >= 0.6 is 0 Å². The molecule has 16 heavy (non-hydrogen) atoms. The van der Waals surface area contributed by atoms with Gasteiger partial charge in [0, 0.05) is 19.9 Å². The first-order chi connectivity index (χ1) is 7.81. The summed E-state index contributed by atoms with van der Waals surface area (Å²) >= 11 is 0. The summed E-state index contributed by atoms with van der Waals surface area (Å²) in [6.07, 6.45) is 1.62. The largest absolute Gasteiger partial charge is 0.383 e. The topological polar surface area (TPSA) is 79.9 Å². The van der Waals surface area contributed by atoms with E-state index in [9.17, 15) is 4.79 Å².